The smallest absolute Gasteiger partial charge is 0.322 e. The molecule has 0 aromatic carbocycles. The molecule has 0 aliphatic rings. The first-order valence-electron chi connectivity index (χ1n) is 4.40. The molecule has 0 radical (unpaired) electrons. The Kier molecular flexibility index (Phi) is 3.62. The van der Waals surface area contributed by atoms with Crippen LogP contribution in [0.25, 0.3) is 0 Å². The summed E-state index contributed by atoms with van der Waals surface area (Å²) in [6.07, 6.45) is 1.97. The molecule has 0 unspecified atom stereocenters. The van der Waals surface area contributed by atoms with Crippen LogP contribution in [0.5, 0.6) is 6.01 Å². The van der Waals surface area contributed by atoms with Gasteiger partial charge in [-0.1, -0.05) is 0 Å². The molecule has 0 saturated carbocycles. The van der Waals surface area contributed by atoms with Crippen LogP contribution in [0, 0.1) is 11.5 Å². The molecular formula is C8H12N6O. The van der Waals surface area contributed by atoms with Gasteiger partial charge in [0.25, 0.3) is 0 Å². The van der Waals surface area contributed by atoms with E-state index < -0.39 is 0 Å². The average Bonchev–Trinajstić information content (AvgIpc) is 2.30. The normalized spacial score (nSPS) is 9.20. The second-order valence-electron chi connectivity index (χ2n) is 2.54. The fraction of sp³-hybridized carbons (Fsp3) is 0.500. The summed E-state index contributed by atoms with van der Waals surface area (Å²) < 4.78 is 4.90. The first-order chi connectivity index (χ1) is 7.24. The highest BCUT2D eigenvalue weighted by Gasteiger charge is 2.11. The Hall–Kier alpha value is -2.10. The topological polar surface area (TPSA) is 87.0 Å². The minimum atomic E-state index is 0.179. The predicted octanol–water partition coefficient (Wildman–Crippen LogP) is 0.229. The standard InChI is InChI=1S/C8H12N6O/c1-4-14(5-9)7-11-6(10-2)12-8(13-7)15-3/h4H2,1-3H3,(H,10,11,12,13). The van der Waals surface area contributed by atoms with Crippen LogP contribution in [0.1, 0.15) is 6.92 Å². The van der Waals surface area contributed by atoms with E-state index in [0.29, 0.717) is 12.5 Å². The van der Waals surface area contributed by atoms with Gasteiger partial charge < -0.3 is 10.1 Å². The van der Waals surface area contributed by atoms with Gasteiger partial charge >= 0.3 is 6.01 Å². The molecule has 1 rings (SSSR count). The molecular weight excluding hydrogens is 196 g/mol. The Morgan fingerprint density at radius 2 is 2.20 bits per heavy atom. The minimum absolute atomic E-state index is 0.179. The zero-order valence-electron chi connectivity index (χ0n) is 8.85. The van der Waals surface area contributed by atoms with Crippen molar-refractivity contribution in [3.63, 3.8) is 0 Å². The van der Waals surface area contributed by atoms with Gasteiger partial charge in [-0.05, 0) is 6.92 Å². The molecule has 1 aromatic rings. The summed E-state index contributed by atoms with van der Waals surface area (Å²) in [6.45, 7) is 2.32. The van der Waals surface area contributed by atoms with Crippen LogP contribution < -0.4 is 15.0 Å². The lowest BCUT2D eigenvalue weighted by molar-refractivity contribution is 0.379. The highest BCUT2D eigenvalue weighted by molar-refractivity contribution is 5.41. The van der Waals surface area contributed by atoms with Crippen LogP contribution in [-0.4, -0.2) is 35.7 Å². The third-order valence-electron chi connectivity index (χ3n) is 1.69. The summed E-state index contributed by atoms with van der Waals surface area (Å²) in [5.41, 5.74) is 0. The number of hydrogen-bond acceptors (Lipinski definition) is 7. The number of anilines is 2. The van der Waals surface area contributed by atoms with Gasteiger partial charge in [0.15, 0.2) is 6.19 Å². The fourth-order valence-corrected chi connectivity index (χ4v) is 0.927. The quantitative estimate of drug-likeness (QED) is 0.559. The van der Waals surface area contributed by atoms with Gasteiger partial charge in [0.1, 0.15) is 0 Å². The van der Waals surface area contributed by atoms with Crippen molar-refractivity contribution >= 4 is 11.9 Å². The molecule has 0 aliphatic carbocycles. The maximum atomic E-state index is 8.82. The van der Waals surface area contributed by atoms with E-state index in [0.717, 1.165) is 0 Å². The maximum Gasteiger partial charge on any atom is 0.322 e. The number of rotatable bonds is 4. The third-order valence-corrected chi connectivity index (χ3v) is 1.69. The van der Waals surface area contributed by atoms with Gasteiger partial charge in [-0.15, -0.1) is 0 Å². The largest absolute Gasteiger partial charge is 0.467 e. The number of aromatic nitrogens is 3. The number of hydrogen-bond donors (Lipinski definition) is 1. The molecule has 1 N–H and O–H groups in total. The first-order valence-corrected chi connectivity index (χ1v) is 4.40. The third kappa shape index (κ3) is 2.43. The molecule has 0 bridgehead atoms. The number of ether oxygens (including phenoxy) is 1. The summed E-state index contributed by atoms with van der Waals surface area (Å²) in [7, 11) is 3.14. The molecule has 1 heterocycles. The molecule has 0 fully saturated rings. The van der Waals surface area contributed by atoms with E-state index >= 15 is 0 Å². The van der Waals surface area contributed by atoms with E-state index in [2.05, 4.69) is 20.3 Å². The van der Waals surface area contributed by atoms with Crippen molar-refractivity contribution < 1.29 is 4.74 Å². The maximum absolute atomic E-state index is 8.82. The monoisotopic (exact) mass is 208 g/mol. The molecule has 0 aliphatic heterocycles. The van der Waals surface area contributed by atoms with Crippen molar-refractivity contribution in [3.05, 3.63) is 0 Å². The van der Waals surface area contributed by atoms with Crippen molar-refractivity contribution in [2.75, 3.05) is 30.9 Å². The molecule has 0 saturated heterocycles. The van der Waals surface area contributed by atoms with E-state index in [4.69, 9.17) is 10.00 Å². The Bertz CT molecular complexity index is 352. The highest BCUT2D eigenvalue weighted by atomic mass is 16.5. The number of nitrogens with one attached hydrogen (secondary N) is 1. The lowest BCUT2D eigenvalue weighted by Gasteiger charge is -2.11. The van der Waals surface area contributed by atoms with Crippen LogP contribution >= 0.6 is 0 Å². The molecule has 1 aromatic heterocycles. The van der Waals surface area contributed by atoms with Gasteiger partial charge in [0.2, 0.25) is 11.9 Å². The SMILES string of the molecule is CCN(C#N)c1nc(NC)nc(OC)n1. The van der Waals surface area contributed by atoms with Crippen molar-refractivity contribution in [1.82, 2.24) is 15.0 Å². The van der Waals surface area contributed by atoms with Crippen LogP contribution in [-0.2, 0) is 0 Å². The van der Waals surface area contributed by atoms with Gasteiger partial charge in [0.05, 0.1) is 7.11 Å². The van der Waals surface area contributed by atoms with Gasteiger partial charge in [0, 0.05) is 13.6 Å². The lowest BCUT2D eigenvalue weighted by atomic mass is 10.6. The van der Waals surface area contributed by atoms with Gasteiger partial charge in [-0.25, -0.2) is 4.90 Å². The molecule has 7 nitrogen and oxygen atoms in total. The summed E-state index contributed by atoms with van der Waals surface area (Å²) >= 11 is 0. The molecule has 7 heteroatoms. The van der Waals surface area contributed by atoms with E-state index in [1.54, 1.807) is 7.05 Å². The molecule has 80 valence electrons. The number of nitriles is 1. The molecule has 0 spiro atoms. The second-order valence-corrected chi connectivity index (χ2v) is 2.54. The van der Waals surface area contributed by atoms with Crippen LogP contribution in [0.15, 0.2) is 0 Å². The van der Waals surface area contributed by atoms with E-state index in [1.165, 1.54) is 12.0 Å². The summed E-state index contributed by atoms with van der Waals surface area (Å²) in [4.78, 5) is 13.3. The van der Waals surface area contributed by atoms with Crippen molar-refractivity contribution in [2.45, 2.75) is 6.92 Å². The zero-order valence-corrected chi connectivity index (χ0v) is 8.85. The number of nitrogens with zero attached hydrogens (tertiary/aromatic N) is 5. The Morgan fingerprint density at radius 3 is 2.67 bits per heavy atom. The van der Waals surface area contributed by atoms with Crippen LogP contribution in [0.4, 0.5) is 11.9 Å². The van der Waals surface area contributed by atoms with E-state index in [-0.39, 0.29) is 12.0 Å². The lowest BCUT2D eigenvalue weighted by Crippen LogP contribution is -2.19. The summed E-state index contributed by atoms with van der Waals surface area (Å²) in [5.74, 6) is 0.641. The van der Waals surface area contributed by atoms with E-state index in [9.17, 15) is 0 Å². The highest BCUT2D eigenvalue weighted by Crippen LogP contribution is 2.13. The van der Waals surface area contributed by atoms with Gasteiger partial charge in [-0.3, -0.25) is 0 Å². The van der Waals surface area contributed by atoms with Crippen molar-refractivity contribution in [1.29, 1.82) is 5.26 Å². The minimum Gasteiger partial charge on any atom is -0.467 e. The summed E-state index contributed by atoms with van der Waals surface area (Å²) in [6, 6.07) is 0.179. The van der Waals surface area contributed by atoms with Crippen LogP contribution in [0.3, 0.4) is 0 Å². The average molecular weight is 208 g/mol. The second kappa shape index (κ2) is 4.95. The summed E-state index contributed by atoms with van der Waals surface area (Å²) in [5, 5.41) is 11.6. The van der Waals surface area contributed by atoms with Crippen LogP contribution in [0.2, 0.25) is 0 Å². The fourth-order valence-electron chi connectivity index (χ4n) is 0.927. The Balaban J connectivity index is 3.12. The molecule has 0 amide bonds. The first kappa shape index (κ1) is 11.0. The van der Waals surface area contributed by atoms with Crippen molar-refractivity contribution in [2.24, 2.45) is 0 Å². The van der Waals surface area contributed by atoms with Crippen molar-refractivity contribution in [3.8, 4) is 12.2 Å². The predicted molar refractivity (Wildman–Crippen MR) is 54.6 cm³/mol. The Morgan fingerprint density at radius 1 is 1.47 bits per heavy atom. The van der Waals surface area contributed by atoms with Gasteiger partial charge in [-0.2, -0.15) is 20.2 Å². The Labute approximate surface area is 87.7 Å². The number of methoxy groups -OCH3 is 1. The zero-order chi connectivity index (χ0) is 11.3. The van der Waals surface area contributed by atoms with E-state index in [1.807, 2.05) is 13.1 Å². The molecule has 15 heavy (non-hydrogen) atoms. The molecule has 0 atom stereocenters.